The number of nitrogens with zero attached hydrogens (tertiary/aromatic N) is 1. The van der Waals surface area contributed by atoms with Gasteiger partial charge in [-0.25, -0.2) is 0 Å². The van der Waals surface area contributed by atoms with E-state index in [1.165, 1.54) is 5.56 Å². The van der Waals surface area contributed by atoms with Crippen molar-refractivity contribution in [2.24, 2.45) is 0 Å². The van der Waals surface area contributed by atoms with Gasteiger partial charge < -0.3 is 15.2 Å². The lowest BCUT2D eigenvalue weighted by Crippen LogP contribution is -2.80. The maximum Gasteiger partial charge on any atom is 0.430 e. The number of fused-ring (bicyclic) bond motifs is 1. The summed E-state index contributed by atoms with van der Waals surface area (Å²) in [6, 6.07) is 19.4. The Bertz CT molecular complexity index is 1250. The van der Waals surface area contributed by atoms with Gasteiger partial charge in [-0.15, -0.1) is 0 Å². The third kappa shape index (κ3) is 8.44. The molecule has 1 aliphatic rings. The smallest absolute Gasteiger partial charge is 0.430 e. The van der Waals surface area contributed by atoms with Crippen LogP contribution in [0.1, 0.15) is 46.4 Å². The molecule has 4 rings (SSSR count). The van der Waals surface area contributed by atoms with Crippen LogP contribution in [0, 0.1) is 0 Å². The average molecular weight is 568 g/mol. The number of amides is 1. The van der Waals surface area contributed by atoms with Crippen molar-refractivity contribution in [1.29, 1.82) is 0 Å². The van der Waals surface area contributed by atoms with Crippen molar-refractivity contribution in [2.45, 2.75) is 44.3 Å². The fourth-order valence-corrected chi connectivity index (χ4v) is 4.35. The number of hydrogen-bond acceptors (Lipinski definition) is 4. The number of aliphatic carboxylic acids is 1. The highest BCUT2D eigenvalue weighted by atomic mass is 35.5. The summed E-state index contributed by atoms with van der Waals surface area (Å²) < 4.78 is 31.5. The molecule has 202 valence electrons. The van der Waals surface area contributed by atoms with Gasteiger partial charge in [0.1, 0.15) is 11.7 Å². The van der Waals surface area contributed by atoms with Gasteiger partial charge in [0.25, 0.3) is 5.91 Å². The average Bonchev–Trinajstić information content (AvgIpc) is 2.88. The monoisotopic (exact) mass is 567 g/mol. The number of carboxylic acids is 1. The number of benzene rings is 2. The molecule has 2 heterocycles. The Labute approximate surface area is 228 Å². The van der Waals surface area contributed by atoms with Crippen molar-refractivity contribution in [3.63, 3.8) is 0 Å². The predicted molar refractivity (Wildman–Crippen MR) is 136 cm³/mol. The van der Waals surface area contributed by atoms with Crippen LogP contribution in [-0.4, -0.2) is 35.6 Å². The van der Waals surface area contributed by atoms with Gasteiger partial charge in [0.2, 0.25) is 5.82 Å². The first-order valence-electron chi connectivity index (χ1n) is 11.9. The number of carbonyl (C=O) groups excluding carboxylic acids is 2. The lowest BCUT2D eigenvalue weighted by Gasteiger charge is -2.26. The number of quaternary nitrogens is 1. The van der Waals surface area contributed by atoms with Gasteiger partial charge in [0.15, 0.2) is 0 Å². The van der Waals surface area contributed by atoms with Crippen molar-refractivity contribution in [3.8, 4) is 0 Å². The number of nitrogens with two attached hydrogens (primary N) is 1. The number of carboxylic acid groups (broad SMARTS) is 1. The Hall–Kier alpha value is -3.14. The topological polar surface area (TPSA) is 98.7 Å². The number of nitrogens with one attached hydrogen (secondary N) is 1. The molecule has 3 N–H and O–H groups in total. The quantitative estimate of drug-likeness (QED) is 0.470. The van der Waals surface area contributed by atoms with Crippen molar-refractivity contribution in [1.82, 2.24) is 10.3 Å². The molecule has 0 bridgehead atoms. The van der Waals surface area contributed by atoms with Crippen LogP contribution in [-0.2, 0) is 17.6 Å². The van der Waals surface area contributed by atoms with E-state index in [4.69, 9.17) is 33.1 Å². The van der Waals surface area contributed by atoms with Gasteiger partial charge in [-0.05, 0) is 67.3 Å². The van der Waals surface area contributed by atoms with Crippen LogP contribution in [0.15, 0.2) is 60.7 Å². The second-order valence-electron chi connectivity index (χ2n) is 8.87. The molecule has 0 saturated heterocycles. The number of aromatic nitrogens is 1. The molecule has 6 nitrogen and oxygen atoms in total. The number of halogens is 5. The number of rotatable bonds is 6. The highest BCUT2D eigenvalue weighted by Gasteiger charge is 2.29. The summed E-state index contributed by atoms with van der Waals surface area (Å²) in [4.78, 5) is 26.4. The van der Waals surface area contributed by atoms with Gasteiger partial charge in [-0.1, -0.05) is 47.5 Å². The minimum atomic E-state index is -5.19. The molecule has 0 unspecified atom stereocenters. The largest absolute Gasteiger partial charge is 0.542 e. The van der Waals surface area contributed by atoms with E-state index >= 15 is 0 Å². The molecule has 1 aliphatic heterocycles. The first-order chi connectivity index (χ1) is 17.9. The van der Waals surface area contributed by atoms with Gasteiger partial charge in [-0.3, -0.25) is 10.1 Å². The maximum atomic E-state index is 13.0. The van der Waals surface area contributed by atoms with E-state index in [-0.39, 0.29) is 17.9 Å². The van der Waals surface area contributed by atoms with E-state index in [2.05, 4.69) is 15.6 Å². The van der Waals surface area contributed by atoms with Crippen LogP contribution in [0.25, 0.3) is 0 Å². The van der Waals surface area contributed by atoms with Crippen LogP contribution >= 0.6 is 23.2 Å². The van der Waals surface area contributed by atoms with Crippen molar-refractivity contribution in [2.75, 3.05) is 6.54 Å². The van der Waals surface area contributed by atoms with E-state index in [1.807, 2.05) is 67.6 Å². The SMILES string of the molecule is C[C@@H](NC(=O)c1ccc2c(n1)[NH2+]CCC2)[C@H](Cc1ccc(Cl)cc1)c1ccc(Cl)cc1.O=C([O-])C(F)(F)F. The lowest BCUT2D eigenvalue weighted by atomic mass is 9.86. The minimum absolute atomic E-state index is 0.0755. The van der Waals surface area contributed by atoms with Crippen LogP contribution in [0.5, 0.6) is 0 Å². The first kappa shape index (κ1) is 29.4. The zero-order valence-corrected chi connectivity index (χ0v) is 21.9. The number of alkyl halides is 3. The molecule has 1 amide bonds. The van der Waals surface area contributed by atoms with Crippen LogP contribution in [0.3, 0.4) is 0 Å². The number of hydrogen-bond donors (Lipinski definition) is 2. The molecule has 2 aromatic carbocycles. The maximum absolute atomic E-state index is 13.0. The summed E-state index contributed by atoms with van der Waals surface area (Å²) in [5.74, 6) is -2.13. The van der Waals surface area contributed by atoms with Crippen LogP contribution < -0.4 is 15.7 Å². The standard InChI is InChI=1S/C25H25Cl2N3O.C2HF3O2/c1-16(29-25(31)23-13-8-19-3-2-14-28-24(19)30-23)22(18-6-11-21(27)12-7-18)15-17-4-9-20(26)10-5-17;3-2(4,5)1(6)7/h4-13,16,22H,2-3,14-15H2,1H3,(H,28,30)(H,29,31);(H,6,7)/t16-,22+;/m1./s1. The summed E-state index contributed by atoms with van der Waals surface area (Å²) in [5.41, 5.74) is 3.97. The second-order valence-corrected chi connectivity index (χ2v) is 9.75. The Kier molecular flexibility index (Phi) is 10.1. The van der Waals surface area contributed by atoms with E-state index in [0.29, 0.717) is 15.7 Å². The zero-order chi connectivity index (χ0) is 27.9. The zero-order valence-electron chi connectivity index (χ0n) is 20.4. The normalized spacial score (nSPS) is 14.4. The third-order valence-electron chi connectivity index (χ3n) is 6.09. The summed E-state index contributed by atoms with van der Waals surface area (Å²) in [5, 5.41) is 15.5. The first-order valence-corrected chi connectivity index (χ1v) is 12.6. The van der Waals surface area contributed by atoms with Gasteiger partial charge in [0, 0.05) is 34.0 Å². The summed E-state index contributed by atoms with van der Waals surface area (Å²) in [6.45, 7) is 3.05. The predicted octanol–water partition coefficient (Wildman–Crippen LogP) is 3.97. The molecule has 2 atom stereocenters. The third-order valence-corrected chi connectivity index (χ3v) is 6.60. The van der Waals surface area contributed by atoms with E-state index in [0.717, 1.165) is 42.8 Å². The van der Waals surface area contributed by atoms with Crippen molar-refractivity contribution < 1.29 is 33.2 Å². The van der Waals surface area contributed by atoms with Crippen molar-refractivity contribution in [3.05, 3.63) is 93.1 Å². The highest BCUT2D eigenvalue weighted by Crippen LogP contribution is 2.27. The van der Waals surface area contributed by atoms with E-state index < -0.39 is 12.1 Å². The minimum Gasteiger partial charge on any atom is -0.542 e. The van der Waals surface area contributed by atoms with Gasteiger partial charge >= 0.3 is 6.18 Å². The van der Waals surface area contributed by atoms with Gasteiger partial charge in [-0.2, -0.15) is 18.2 Å². The summed E-state index contributed by atoms with van der Waals surface area (Å²) in [6.07, 6.45) is -2.26. The van der Waals surface area contributed by atoms with Crippen LogP contribution in [0.2, 0.25) is 10.0 Å². The summed E-state index contributed by atoms with van der Waals surface area (Å²) >= 11 is 12.2. The lowest BCUT2D eigenvalue weighted by molar-refractivity contribution is -0.579. The molecule has 0 fully saturated rings. The molecule has 3 aromatic rings. The summed E-state index contributed by atoms with van der Waals surface area (Å²) in [7, 11) is 0. The molecule has 0 radical (unpaired) electrons. The van der Waals surface area contributed by atoms with Gasteiger partial charge in [0.05, 0.1) is 6.54 Å². The molecule has 0 saturated carbocycles. The van der Waals surface area contributed by atoms with E-state index in [1.54, 1.807) is 0 Å². The van der Waals surface area contributed by atoms with Crippen molar-refractivity contribution >= 4 is 40.9 Å². The Morgan fingerprint density at radius 3 is 2.18 bits per heavy atom. The molecule has 11 heteroatoms. The molecular formula is C27H26Cl2F3N3O3. The van der Waals surface area contributed by atoms with E-state index in [9.17, 15) is 18.0 Å². The number of carbonyl (C=O) groups is 2. The van der Waals surface area contributed by atoms with Crippen LogP contribution in [0.4, 0.5) is 19.0 Å². The number of pyridine rings is 1. The second kappa shape index (κ2) is 13.1. The highest BCUT2D eigenvalue weighted by molar-refractivity contribution is 6.30. The molecule has 38 heavy (non-hydrogen) atoms. The fourth-order valence-electron chi connectivity index (χ4n) is 4.10. The molecule has 0 aliphatic carbocycles. The fraction of sp³-hybridized carbons (Fsp3) is 0.296. The molecule has 1 aromatic heterocycles. The Morgan fingerprint density at radius 1 is 1.03 bits per heavy atom. The Morgan fingerprint density at radius 2 is 1.61 bits per heavy atom. The molecular weight excluding hydrogens is 542 g/mol. The number of aryl methyl sites for hydroxylation is 1. The Balaban J connectivity index is 0.000000505. The molecule has 0 spiro atoms.